The number of sulfone groups is 1. The maximum absolute atomic E-state index is 12.0. The summed E-state index contributed by atoms with van der Waals surface area (Å²) in [5.74, 6) is 0.0101. The molecule has 0 aliphatic carbocycles. The standard InChI is InChI=1S/C17H16O2S/c18-20(19,17-13-7-2-8-14-17)15-9-3-6-12-16-10-4-1-5-11-16/h1-14H,15H2. The molecule has 0 unspecified atom stereocenters. The highest BCUT2D eigenvalue weighted by Crippen LogP contribution is 2.10. The molecule has 0 amide bonds. The molecule has 2 rings (SSSR count). The van der Waals surface area contributed by atoms with E-state index in [9.17, 15) is 8.42 Å². The summed E-state index contributed by atoms with van der Waals surface area (Å²) in [6.45, 7) is 0. The average molecular weight is 284 g/mol. The van der Waals surface area contributed by atoms with E-state index < -0.39 is 9.84 Å². The van der Waals surface area contributed by atoms with Gasteiger partial charge in [0.2, 0.25) is 0 Å². The smallest absolute Gasteiger partial charge is 0.181 e. The van der Waals surface area contributed by atoms with E-state index in [0.717, 1.165) is 5.56 Å². The van der Waals surface area contributed by atoms with Gasteiger partial charge in [0.25, 0.3) is 0 Å². The molecule has 0 heterocycles. The molecule has 3 heteroatoms. The third-order valence-electron chi connectivity index (χ3n) is 2.75. The number of allylic oxidation sites excluding steroid dienone is 2. The van der Waals surface area contributed by atoms with Gasteiger partial charge in [-0.2, -0.15) is 0 Å². The third kappa shape index (κ3) is 4.21. The maximum atomic E-state index is 12.0. The molecule has 0 aliphatic heterocycles. The van der Waals surface area contributed by atoms with Crippen LogP contribution in [0.15, 0.2) is 83.8 Å². The van der Waals surface area contributed by atoms with Crippen molar-refractivity contribution in [3.63, 3.8) is 0 Å². The molecule has 0 bridgehead atoms. The summed E-state index contributed by atoms with van der Waals surface area (Å²) >= 11 is 0. The lowest BCUT2D eigenvalue weighted by molar-refractivity contribution is 0.599. The SMILES string of the molecule is O=S(=O)(CC=CC=Cc1ccccc1)c1ccccc1. The van der Waals surface area contributed by atoms with E-state index in [1.165, 1.54) is 0 Å². The molecule has 20 heavy (non-hydrogen) atoms. The highest BCUT2D eigenvalue weighted by atomic mass is 32.2. The zero-order valence-electron chi connectivity index (χ0n) is 11.0. The van der Waals surface area contributed by atoms with Crippen LogP contribution in [0.4, 0.5) is 0 Å². The second-order valence-corrected chi connectivity index (χ2v) is 6.33. The van der Waals surface area contributed by atoms with Crippen LogP contribution in [0.25, 0.3) is 6.08 Å². The first-order chi connectivity index (χ1) is 9.68. The van der Waals surface area contributed by atoms with Gasteiger partial charge in [-0.3, -0.25) is 0 Å². The van der Waals surface area contributed by atoms with Crippen molar-refractivity contribution in [3.8, 4) is 0 Å². The van der Waals surface area contributed by atoms with E-state index >= 15 is 0 Å². The molecule has 0 aromatic heterocycles. The third-order valence-corrected chi connectivity index (χ3v) is 4.38. The Kier molecular flexibility index (Phi) is 4.91. The lowest BCUT2D eigenvalue weighted by atomic mass is 10.2. The van der Waals surface area contributed by atoms with Crippen LogP contribution in [-0.2, 0) is 9.84 Å². The molecule has 0 spiro atoms. The van der Waals surface area contributed by atoms with Crippen molar-refractivity contribution in [2.45, 2.75) is 4.90 Å². The Morgan fingerprint density at radius 3 is 2.05 bits per heavy atom. The minimum atomic E-state index is -3.23. The van der Waals surface area contributed by atoms with Gasteiger partial charge in [0.05, 0.1) is 10.6 Å². The van der Waals surface area contributed by atoms with Crippen molar-refractivity contribution in [1.82, 2.24) is 0 Å². The molecular formula is C17H16O2S. The molecule has 0 aliphatic rings. The molecule has 102 valence electrons. The van der Waals surface area contributed by atoms with Gasteiger partial charge >= 0.3 is 0 Å². The molecule has 2 aromatic rings. The van der Waals surface area contributed by atoms with E-state index in [0.29, 0.717) is 4.90 Å². The van der Waals surface area contributed by atoms with Crippen LogP contribution in [0.3, 0.4) is 0 Å². The van der Waals surface area contributed by atoms with Gasteiger partial charge in [-0.25, -0.2) is 8.42 Å². The Morgan fingerprint density at radius 2 is 1.40 bits per heavy atom. The van der Waals surface area contributed by atoms with Crippen LogP contribution < -0.4 is 0 Å². The van der Waals surface area contributed by atoms with Crippen LogP contribution in [0.2, 0.25) is 0 Å². The van der Waals surface area contributed by atoms with Gasteiger partial charge in [0.15, 0.2) is 9.84 Å². The van der Waals surface area contributed by atoms with Crippen LogP contribution in [0.1, 0.15) is 5.56 Å². The number of hydrogen-bond acceptors (Lipinski definition) is 2. The number of rotatable bonds is 5. The van der Waals surface area contributed by atoms with Crippen molar-refractivity contribution in [2.75, 3.05) is 5.75 Å². The van der Waals surface area contributed by atoms with Crippen LogP contribution in [0.5, 0.6) is 0 Å². The minimum absolute atomic E-state index is 0.0101. The molecule has 0 saturated carbocycles. The molecule has 2 nitrogen and oxygen atoms in total. The zero-order chi connectivity index (χ0) is 14.3. The highest BCUT2D eigenvalue weighted by Gasteiger charge is 2.10. The second-order valence-electron chi connectivity index (χ2n) is 4.29. The molecule has 0 fully saturated rings. The monoisotopic (exact) mass is 284 g/mol. The summed E-state index contributed by atoms with van der Waals surface area (Å²) in [6, 6.07) is 18.4. The summed E-state index contributed by atoms with van der Waals surface area (Å²) in [6.07, 6.45) is 7.19. The molecule has 2 aromatic carbocycles. The predicted octanol–water partition coefficient (Wildman–Crippen LogP) is 3.73. The normalized spacial score (nSPS) is 12.2. The highest BCUT2D eigenvalue weighted by molar-refractivity contribution is 7.91. The first-order valence-electron chi connectivity index (χ1n) is 6.34. The zero-order valence-corrected chi connectivity index (χ0v) is 11.8. The molecule has 0 N–H and O–H groups in total. The van der Waals surface area contributed by atoms with E-state index in [-0.39, 0.29) is 5.75 Å². The van der Waals surface area contributed by atoms with Crippen LogP contribution in [-0.4, -0.2) is 14.2 Å². The van der Waals surface area contributed by atoms with Gasteiger partial charge in [0.1, 0.15) is 0 Å². The summed E-state index contributed by atoms with van der Waals surface area (Å²) in [5.41, 5.74) is 1.09. The minimum Gasteiger partial charge on any atom is -0.223 e. The fraction of sp³-hybridized carbons (Fsp3) is 0.0588. The molecule has 0 atom stereocenters. The van der Waals surface area contributed by atoms with Crippen molar-refractivity contribution in [2.24, 2.45) is 0 Å². The first-order valence-corrected chi connectivity index (χ1v) is 8.00. The maximum Gasteiger partial charge on any atom is 0.181 e. The largest absolute Gasteiger partial charge is 0.223 e. The predicted molar refractivity (Wildman–Crippen MR) is 83.1 cm³/mol. The van der Waals surface area contributed by atoms with E-state index in [4.69, 9.17) is 0 Å². The fourth-order valence-corrected chi connectivity index (χ4v) is 2.84. The van der Waals surface area contributed by atoms with E-state index in [1.807, 2.05) is 42.5 Å². The molecular weight excluding hydrogens is 268 g/mol. The topological polar surface area (TPSA) is 34.1 Å². The number of hydrogen-bond donors (Lipinski definition) is 0. The molecule has 0 radical (unpaired) electrons. The average Bonchev–Trinajstić information content (AvgIpc) is 2.49. The fourth-order valence-electron chi connectivity index (χ4n) is 1.72. The Labute approximate surface area is 120 Å². The van der Waals surface area contributed by atoms with Crippen molar-refractivity contribution in [1.29, 1.82) is 0 Å². The lowest BCUT2D eigenvalue weighted by Gasteiger charge is -1.99. The summed E-state index contributed by atoms with van der Waals surface area (Å²) in [5, 5.41) is 0. The Bertz CT molecular complexity index is 684. The lowest BCUT2D eigenvalue weighted by Crippen LogP contribution is -2.03. The Morgan fingerprint density at radius 1 is 0.800 bits per heavy atom. The molecule has 0 saturated heterocycles. The van der Waals surface area contributed by atoms with Crippen molar-refractivity contribution >= 4 is 15.9 Å². The first kappa shape index (κ1) is 14.3. The Balaban J connectivity index is 1.95. The summed E-state index contributed by atoms with van der Waals surface area (Å²) in [4.78, 5) is 0.358. The Hall–Kier alpha value is -2.13. The van der Waals surface area contributed by atoms with Gasteiger partial charge in [0, 0.05) is 0 Å². The van der Waals surface area contributed by atoms with Gasteiger partial charge in [-0.15, -0.1) is 0 Å². The van der Waals surface area contributed by atoms with E-state index in [2.05, 4.69) is 0 Å². The summed E-state index contributed by atoms with van der Waals surface area (Å²) in [7, 11) is -3.23. The second kappa shape index (κ2) is 6.87. The summed E-state index contributed by atoms with van der Waals surface area (Å²) < 4.78 is 24.0. The van der Waals surface area contributed by atoms with Crippen molar-refractivity contribution in [3.05, 3.63) is 84.5 Å². The quantitative estimate of drug-likeness (QED) is 0.784. The van der Waals surface area contributed by atoms with Gasteiger partial charge in [-0.1, -0.05) is 72.8 Å². The van der Waals surface area contributed by atoms with E-state index in [1.54, 1.807) is 42.5 Å². The van der Waals surface area contributed by atoms with Gasteiger partial charge in [-0.05, 0) is 17.7 Å². The van der Waals surface area contributed by atoms with Gasteiger partial charge < -0.3 is 0 Å². The van der Waals surface area contributed by atoms with Crippen LogP contribution in [0, 0.1) is 0 Å². The number of benzene rings is 2. The van der Waals surface area contributed by atoms with Crippen molar-refractivity contribution < 1.29 is 8.42 Å². The van der Waals surface area contributed by atoms with Crippen LogP contribution >= 0.6 is 0 Å².